The van der Waals surface area contributed by atoms with E-state index < -0.39 is 0 Å². The number of aromatic hydroxyl groups is 2. The maximum Gasteiger partial charge on any atom is 0.119 e. The van der Waals surface area contributed by atoms with Crippen LogP contribution in [0.2, 0.25) is 0 Å². The third-order valence-corrected chi connectivity index (χ3v) is 7.02. The fraction of sp³-hybridized carbons (Fsp3) is 0.231. The third-order valence-electron chi connectivity index (χ3n) is 5.82. The number of hydrogen-bond donors (Lipinski definition) is 2. The Kier molecular flexibility index (Phi) is 5.53. The molecular weight excluding hydrogens is 406 g/mol. The van der Waals surface area contributed by atoms with Crippen LogP contribution in [-0.4, -0.2) is 41.4 Å². The van der Waals surface area contributed by atoms with Crippen molar-refractivity contribution in [2.24, 2.45) is 0 Å². The molecule has 4 aromatic rings. The number of phenols is 2. The molecule has 2 heterocycles. The highest BCUT2D eigenvalue weighted by atomic mass is 32.1. The summed E-state index contributed by atoms with van der Waals surface area (Å²) < 4.78 is 7.00. The van der Waals surface area contributed by atoms with Gasteiger partial charge in [0, 0.05) is 27.1 Å². The molecule has 1 aliphatic rings. The van der Waals surface area contributed by atoms with Crippen molar-refractivity contribution in [2.75, 3.05) is 26.2 Å². The van der Waals surface area contributed by atoms with Crippen molar-refractivity contribution in [2.45, 2.75) is 12.8 Å². The summed E-state index contributed by atoms with van der Waals surface area (Å²) in [6.07, 6.45) is 2.59. The highest BCUT2D eigenvalue weighted by Gasteiger charge is 2.17. The number of fused-ring (bicyclic) bond motifs is 1. The number of ether oxygens (including phenoxy) is 1. The second kappa shape index (κ2) is 8.61. The molecule has 0 bridgehead atoms. The molecule has 0 spiro atoms. The van der Waals surface area contributed by atoms with Crippen LogP contribution in [0.25, 0.3) is 31.7 Å². The average Bonchev–Trinajstić information content (AvgIpc) is 3.42. The Labute approximate surface area is 186 Å². The summed E-state index contributed by atoms with van der Waals surface area (Å²) in [7, 11) is 0. The van der Waals surface area contributed by atoms with E-state index in [9.17, 15) is 10.2 Å². The minimum Gasteiger partial charge on any atom is -0.508 e. The summed E-state index contributed by atoms with van der Waals surface area (Å²) in [4.78, 5) is 3.56. The van der Waals surface area contributed by atoms with Crippen LogP contribution in [0.4, 0.5) is 0 Å². The maximum absolute atomic E-state index is 9.96. The number of thiophene rings is 1. The molecule has 0 aliphatic carbocycles. The summed E-state index contributed by atoms with van der Waals surface area (Å²) in [5, 5.41) is 20.8. The molecule has 4 nitrogen and oxygen atoms in total. The Bertz CT molecular complexity index is 1180. The molecule has 158 valence electrons. The first-order valence-corrected chi connectivity index (χ1v) is 11.5. The molecule has 0 amide bonds. The van der Waals surface area contributed by atoms with Gasteiger partial charge in [0.2, 0.25) is 0 Å². The first kappa shape index (κ1) is 19.9. The predicted molar refractivity (Wildman–Crippen MR) is 127 cm³/mol. The van der Waals surface area contributed by atoms with Crippen molar-refractivity contribution < 1.29 is 14.9 Å². The predicted octanol–water partition coefficient (Wildman–Crippen LogP) is 6.12. The Morgan fingerprint density at radius 3 is 2.23 bits per heavy atom. The van der Waals surface area contributed by atoms with Crippen molar-refractivity contribution >= 4 is 21.4 Å². The lowest BCUT2D eigenvalue weighted by atomic mass is 9.98. The molecule has 5 heteroatoms. The van der Waals surface area contributed by atoms with Crippen LogP contribution in [0.15, 0.2) is 66.7 Å². The largest absolute Gasteiger partial charge is 0.508 e. The molecule has 31 heavy (non-hydrogen) atoms. The third kappa shape index (κ3) is 4.24. The van der Waals surface area contributed by atoms with Crippen LogP contribution >= 0.6 is 11.3 Å². The van der Waals surface area contributed by atoms with Crippen LogP contribution < -0.4 is 4.74 Å². The van der Waals surface area contributed by atoms with Gasteiger partial charge in [-0.1, -0.05) is 12.1 Å². The van der Waals surface area contributed by atoms with Gasteiger partial charge in [-0.05, 0) is 91.7 Å². The summed E-state index contributed by atoms with van der Waals surface area (Å²) in [5.74, 6) is 1.39. The van der Waals surface area contributed by atoms with Gasteiger partial charge >= 0.3 is 0 Å². The summed E-state index contributed by atoms with van der Waals surface area (Å²) in [6.45, 7) is 4.05. The molecule has 2 N–H and O–H groups in total. The van der Waals surface area contributed by atoms with Crippen molar-refractivity contribution in [3.05, 3.63) is 66.7 Å². The zero-order chi connectivity index (χ0) is 21.2. The van der Waals surface area contributed by atoms with Gasteiger partial charge < -0.3 is 14.9 Å². The van der Waals surface area contributed by atoms with E-state index in [-0.39, 0.29) is 11.5 Å². The highest BCUT2D eigenvalue weighted by molar-refractivity contribution is 7.23. The van der Waals surface area contributed by atoms with Crippen molar-refractivity contribution in [1.82, 2.24) is 4.90 Å². The Hall–Kier alpha value is -3.02. The molecule has 1 aromatic heterocycles. The topological polar surface area (TPSA) is 52.9 Å². The van der Waals surface area contributed by atoms with Gasteiger partial charge in [-0.3, -0.25) is 4.90 Å². The first-order valence-electron chi connectivity index (χ1n) is 10.7. The standard InChI is InChI=1S/C26H25NO3S/c28-20-7-3-19(4-8-20)26-25(23-12-9-21(29)17-24(23)31-26)18-5-10-22(11-6-18)30-16-15-27-13-1-2-14-27/h3-12,17,28-29H,1-2,13-16H2. The molecule has 1 aliphatic heterocycles. The minimum atomic E-state index is 0.250. The van der Waals surface area contributed by atoms with E-state index in [4.69, 9.17) is 4.74 Å². The molecule has 0 unspecified atom stereocenters. The van der Waals surface area contributed by atoms with Crippen molar-refractivity contribution in [3.63, 3.8) is 0 Å². The van der Waals surface area contributed by atoms with Gasteiger partial charge in [0.15, 0.2) is 0 Å². The quantitative estimate of drug-likeness (QED) is 0.386. The number of nitrogens with zero attached hydrogens (tertiary/aromatic N) is 1. The number of phenolic OH excluding ortho intramolecular Hbond substituents is 2. The Morgan fingerprint density at radius 2 is 1.48 bits per heavy atom. The number of benzene rings is 3. The smallest absolute Gasteiger partial charge is 0.119 e. The lowest BCUT2D eigenvalue weighted by molar-refractivity contribution is 0.238. The number of rotatable bonds is 6. The summed E-state index contributed by atoms with van der Waals surface area (Å²) >= 11 is 1.65. The van der Waals surface area contributed by atoms with Crippen LogP contribution in [-0.2, 0) is 0 Å². The van der Waals surface area contributed by atoms with Crippen LogP contribution in [0, 0.1) is 0 Å². The maximum atomic E-state index is 9.96. The Balaban J connectivity index is 1.45. The van der Waals surface area contributed by atoms with Gasteiger partial charge in [-0.15, -0.1) is 11.3 Å². The van der Waals surface area contributed by atoms with Crippen molar-refractivity contribution in [3.8, 4) is 38.8 Å². The zero-order valence-corrected chi connectivity index (χ0v) is 18.1. The van der Waals surface area contributed by atoms with Gasteiger partial charge in [-0.25, -0.2) is 0 Å². The zero-order valence-electron chi connectivity index (χ0n) is 17.3. The van der Waals surface area contributed by atoms with E-state index in [1.165, 1.54) is 25.9 Å². The van der Waals surface area contributed by atoms with Crippen molar-refractivity contribution in [1.29, 1.82) is 0 Å². The van der Waals surface area contributed by atoms with E-state index >= 15 is 0 Å². The number of likely N-dealkylation sites (tertiary alicyclic amines) is 1. The van der Waals surface area contributed by atoms with Crippen LogP contribution in [0.3, 0.4) is 0 Å². The van der Waals surface area contributed by atoms with E-state index in [1.807, 2.05) is 36.4 Å². The molecule has 0 atom stereocenters. The molecule has 0 saturated carbocycles. The monoisotopic (exact) mass is 431 g/mol. The van der Waals surface area contributed by atoms with E-state index in [2.05, 4.69) is 17.0 Å². The van der Waals surface area contributed by atoms with Gasteiger partial charge in [-0.2, -0.15) is 0 Å². The number of hydrogen-bond acceptors (Lipinski definition) is 5. The fourth-order valence-corrected chi connectivity index (χ4v) is 5.47. The minimum absolute atomic E-state index is 0.250. The second-order valence-electron chi connectivity index (χ2n) is 7.96. The molecular formula is C26H25NO3S. The van der Waals surface area contributed by atoms with E-state index in [1.54, 1.807) is 29.5 Å². The average molecular weight is 432 g/mol. The molecule has 3 aromatic carbocycles. The first-order chi connectivity index (χ1) is 15.2. The van der Waals surface area contributed by atoms with Gasteiger partial charge in [0.25, 0.3) is 0 Å². The molecule has 1 fully saturated rings. The Morgan fingerprint density at radius 1 is 0.806 bits per heavy atom. The molecule has 0 radical (unpaired) electrons. The normalized spacial score (nSPS) is 14.3. The SMILES string of the molecule is Oc1ccc(-c2sc3cc(O)ccc3c2-c2ccc(OCCN3CCCC3)cc2)cc1. The molecule has 5 rings (SSSR count). The van der Waals surface area contributed by atoms with Gasteiger partial charge in [0.1, 0.15) is 23.9 Å². The van der Waals surface area contributed by atoms with E-state index in [0.717, 1.165) is 43.9 Å². The molecule has 1 saturated heterocycles. The second-order valence-corrected chi connectivity index (χ2v) is 9.01. The summed E-state index contributed by atoms with van der Waals surface area (Å²) in [6, 6.07) is 21.1. The lowest BCUT2D eigenvalue weighted by Gasteiger charge is -2.15. The fourth-order valence-electron chi connectivity index (χ4n) is 4.20. The highest BCUT2D eigenvalue weighted by Crippen LogP contribution is 2.46. The van der Waals surface area contributed by atoms with Gasteiger partial charge in [0.05, 0.1) is 0 Å². The van der Waals surface area contributed by atoms with Crippen LogP contribution in [0.5, 0.6) is 17.2 Å². The van der Waals surface area contributed by atoms with Crippen LogP contribution in [0.1, 0.15) is 12.8 Å². The van der Waals surface area contributed by atoms with E-state index in [0.29, 0.717) is 6.61 Å². The lowest BCUT2D eigenvalue weighted by Crippen LogP contribution is -2.25. The summed E-state index contributed by atoms with van der Waals surface area (Å²) in [5.41, 5.74) is 3.28.